The molecule has 1 unspecified atom stereocenters. The number of nitrogens with zero attached hydrogens (tertiary/aromatic N) is 2. The van der Waals surface area contributed by atoms with Gasteiger partial charge in [-0.3, -0.25) is 9.97 Å². The van der Waals surface area contributed by atoms with Crippen LogP contribution in [0.15, 0.2) is 29.0 Å². The van der Waals surface area contributed by atoms with Crippen LogP contribution in [-0.4, -0.2) is 28.6 Å². The lowest BCUT2D eigenvalue weighted by Gasteiger charge is -2.26. The number of nitrogens with one attached hydrogen (secondary N) is 2. The number of anilines is 1. The molecule has 0 spiro atoms. The SMILES string of the molecule is CC1(Nc2ccnc3cc(Br)cnc23)CCNC1. The van der Waals surface area contributed by atoms with Crippen molar-refractivity contribution in [1.29, 1.82) is 0 Å². The van der Waals surface area contributed by atoms with Crippen LogP contribution in [0.4, 0.5) is 5.69 Å². The summed E-state index contributed by atoms with van der Waals surface area (Å²) < 4.78 is 0.952. The number of fused-ring (bicyclic) bond motifs is 1. The molecule has 1 fully saturated rings. The van der Waals surface area contributed by atoms with Crippen LogP contribution in [0.25, 0.3) is 11.0 Å². The highest BCUT2D eigenvalue weighted by Gasteiger charge is 2.28. The number of halogens is 1. The van der Waals surface area contributed by atoms with Crippen LogP contribution < -0.4 is 10.6 Å². The van der Waals surface area contributed by atoms with Gasteiger partial charge in [0.25, 0.3) is 0 Å². The quantitative estimate of drug-likeness (QED) is 0.895. The Hall–Kier alpha value is -1.20. The third-order valence-corrected chi connectivity index (χ3v) is 3.78. The van der Waals surface area contributed by atoms with Gasteiger partial charge in [-0.2, -0.15) is 0 Å². The standard InChI is InChI=1S/C13H15BrN4/c1-13(3-5-15-8-13)18-10-2-4-16-11-6-9(14)7-17-12(10)11/h2,4,6-7,15H,3,5,8H2,1H3,(H,16,18). The monoisotopic (exact) mass is 306 g/mol. The molecule has 0 aromatic carbocycles. The van der Waals surface area contributed by atoms with Crippen molar-refractivity contribution < 1.29 is 0 Å². The van der Waals surface area contributed by atoms with Gasteiger partial charge >= 0.3 is 0 Å². The molecular weight excluding hydrogens is 292 g/mol. The van der Waals surface area contributed by atoms with Crippen LogP contribution in [-0.2, 0) is 0 Å². The van der Waals surface area contributed by atoms with Crippen LogP contribution in [0.2, 0.25) is 0 Å². The van der Waals surface area contributed by atoms with Gasteiger partial charge in [0.05, 0.1) is 11.2 Å². The van der Waals surface area contributed by atoms with E-state index in [0.717, 1.165) is 40.7 Å². The fourth-order valence-corrected chi connectivity index (χ4v) is 2.67. The molecule has 1 atom stereocenters. The van der Waals surface area contributed by atoms with Gasteiger partial charge in [0.15, 0.2) is 0 Å². The summed E-state index contributed by atoms with van der Waals surface area (Å²) in [6.45, 7) is 4.27. The van der Waals surface area contributed by atoms with E-state index in [4.69, 9.17) is 0 Å². The third kappa shape index (κ3) is 2.20. The summed E-state index contributed by atoms with van der Waals surface area (Å²) in [5, 5.41) is 6.98. The zero-order chi connectivity index (χ0) is 12.6. The van der Waals surface area contributed by atoms with Crippen molar-refractivity contribution in [3.8, 4) is 0 Å². The molecule has 0 saturated carbocycles. The van der Waals surface area contributed by atoms with Gasteiger partial charge in [0.1, 0.15) is 5.52 Å². The average molecular weight is 307 g/mol. The molecule has 2 aromatic heterocycles. The van der Waals surface area contributed by atoms with Gasteiger partial charge in [-0.25, -0.2) is 0 Å². The van der Waals surface area contributed by atoms with Gasteiger partial charge in [-0.05, 0) is 48.0 Å². The molecule has 1 saturated heterocycles. The van der Waals surface area contributed by atoms with Crippen LogP contribution >= 0.6 is 15.9 Å². The molecule has 0 amide bonds. The summed E-state index contributed by atoms with van der Waals surface area (Å²) in [5.74, 6) is 0. The average Bonchev–Trinajstić information content (AvgIpc) is 2.76. The third-order valence-electron chi connectivity index (χ3n) is 3.35. The molecule has 1 aliphatic rings. The molecule has 94 valence electrons. The summed E-state index contributed by atoms with van der Waals surface area (Å²) in [4.78, 5) is 8.81. The summed E-state index contributed by atoms with van der Waals surface area (Å²) in [6.07, 6.45) is 4.75. The van der Waals surface area contributed by atoms with E-state index in [1.54, 1.807) is 0 Å². The molecular formula is C13H15BrN4. The minimum Gasteiger partial charge on any atom is -0.377 e. The van der Waals surface area contributed by atoms with Gasteiger partial charge in [0, 0.05) is 29.0 Å². The number of pyridine rings is 2. The first-order valence-electron chi connectivity index (χ1n) is 6.05. The second-order valence-corrected chi connectivity index (χ2v) is 5.91. The Kier molecular flexibility index (Phi) is 2.95. The van der Waals surface area contributed by atoms with Crippen LogP contribution in [0.5, 0.6) is 0 Å². The second-order valence-electron chi connectivity index (χ2n) is 4.99. The molecule has 5 heteroatoms. The summed E-state index contributed by atoms with van der Waals surface area (Å²) in [6, 6.07) is 3.98. The highest BCUT2D eigenvalue weighted by atomic mass is 79.9. The highest BCUT2D eigenvalue weighted by Crippen LogP contribution is 2.26. The Morgan fingerprint density at radius 1 is 1.44 bits per heavy atom. The predicted octanol–water partition coefficient (Wildman–Crippen LogP) is 2.56. The van der Waals surface area contributed by atoms with E-state index in [9.17, 15) is 0 Å². The Labute approximate surface area is 114 Å². The van der Waals surface area contributed by atoms with Crippen molar-refractivity contribution in [3.05, 3.63) is 29.0 Å². The topological polar surface area (TPSA) is 49.8 Å². The smallest absolute Gasteiger partial charge is 0.112 e. The molecule has 4 nitrogen and oxygen atoms in total. The maximum Gasteiger partial charge on any atom is 0.112 e. The van der Waals surface area contributed by atoms with Gasteiger partial charge in [-0.15, -0.1) is 0 Å². The maximum absolute atomic E-state index is 4.46. The number of rotatable bonds is 2. The van der Waals surface area contributed by atoms with Crippen molar-refractivity contribution in [2.45, 2.75) is 18.9 Å². The van der Waals surface area contributed by atoms with E-state index < -0.39 is 0 Å². The van der Waals surface area contributed by atoms with Gasteiger partial charge in [-0.1, -0.05) is 0 Å². The summed E-state index contributed by atoms with van der Waals surface area (Å²) in [7, 11) is 0. The number of hydrogen-bond acceptors (Lipinski definition) is 4. The van der Waals surface area contributed by atoms with E-state index in [1.165, 1.54) is 0 Å². The molecule has 1 aliphatic heterocycles. The highest BCUT2D eigenvalue weighted by molar-refractivity contribution is 9.10. The van der Waals surface area contributed by atoms with Crippen molar-refractivity contribution >= 4 is 32.7 Å². The van der Waals surface area contributed by atoms with Crippen molar-refractivity contribution in [2.24, 2.45) is 0 Å². The Morgan fingerprint density at radius 3 is 3.11 bits per heavy atom. The molecule has 2 N–H and O–H groups in total. The van der Waals surface area contributed by atoms with Crippen molar-refractivity contribution in [3.63, 3.8) is 0 Å². The van der Waals surface area contributed by atoms with Crippen molar-refractivity contribution in [2.75, 3.05) is 18.4 Å². The number of aromatic nitrogens is 2. The Balaban J connectivity index is 2.01. The van der Waals surface area contributed by atoms with E-state index in [1.807, 2.05) is 24.5 Å². The zero-order valence-electron chi connectivity index (χ0n) is 10.2. The van der Waals surface area contributed by atoms with Gasteiger partial charge < -0.3 is 10.6 Å². The van der Waals surface area contributed by atoms with E-state index in [0.29, 0.717) is 0 Å². The van der Waals surface area contributed by atoms with Crippen molar-refractivity contribution in [1.82, 2.24) is 15.3 Å². The number of hydrogen-bond donors (Lipinski definition) is 2. The lowest BCUT2D eigenvalue weighted by Crippen LogP contribution is -2.36. The molecule has 3 heterocycles. The normalized spacial score (nSPS) is 23.4. The first kappa shape index (κ1) is 11.9. The summed E-state index contributed by atoms with van der Waals surface area (Å²) >= 11 is 3.42. The largest absolute Gasteiger partial charge is 0.377 e. The fourth-order valence-electron chi connectivity index (χ4n) is 2.36. The maximum atomic E-state index is 4.46. The fraction of sp³-hybridized carbons (Fsp3) is 0.385. The lowest BCUT2D eigenvalue weighted by atomic mass is 10.0. The minimum absolute atomic E-state index is 0.100. The van der Waals surface area contributed by atoms with Gasteiger partial charge in [0.2, 0.25) is 0 Å². The van der Waals surface area contributed by atoms with E-state index in [2.05, 4.69) is 43.5 Å². The first-order chi connectivity index (χ1) is 8.66. The molecule has 0 aliphatic carbocycles. The molecule has 18 heavy (non-hydrogen) atoms. The molecule has 0 bridgehead atoms. The summed E-state index contributed by atoms with van der Waals surface area (Å²) in [5.41, 5.74) is 2.99. The molecule has 3 rings (SSSR count). The van der Waals surface area contributed by atoms with Crippen LogP contribution in [0, 0.1) is 0 Å². The van der Waals surface area contributed by atoms with Crippen LogP contribution in [0.3, 0.4) is 0 Å². The zero-order valence-corrected chi connectivity index (χ0v) is 11.8. The lowest BCUT2D eigenvalue weighted by molar-refractivity contribution is 0.567. The molecule has 2 aromatic rings. The first-order valence-corrected chi connectivity index (χ1v) is 6.85. The Bertz CT molecular complexity index is 578. The van der Waals surface area contributed by atoms with Crippen LogP contribution in [0.1, 0.15) is 13.3 Å². The van der Waals surface area contributed by atoms with E-state index >= 15 is 0 Å². The minimum atomic E-state index is 0.100. The molecule has 0 radical (unpaired) electrons. The predicted molar refractivity (Wildman–Crippen MR) is 76.8 cm³/mol. The van der Waals surface area contributed by atoms with E-state index in [-0.39, 0.29) is 5.54 Å². The Morgan fingerprint density at radius 2 is 2.33 bits per heavy atom. The second kappa shape index (κ2) is 4.48.